The molecule has 0 aromatic heterocycles. The summed E-state index contributed by atoms with van der Waals surface area (Å²) in [5, 5.41) is 0. The Labute approximate surface area is 184 Å². The Balaban J connectivity index is 7.95. The Bertz CT molecular complexity index is 423. The van der Waals surface area contributed by atoms with Crippen LogP contribution in [0.25, 0.3) is 0 Å². The average Bonchev–Trinajstić information content (AvgIpc) is 2.44. The van der Waals surface area contributed by atoms with E-state index < -0.39 is 22.1 Å². The molecule has 4 heteroatoms. The summed E-state index contributed by atoms with van der Waals surface area (Å²) in [6, 6.07) is 0. The van der Waals surface area contributed by atoms with Crippen LogP contribution in [0.3, 0.4) is 0 Å². The molecule has 0 aliphatic carbocycles. The molecule has 0 radical (unpaired) electrons. The van der Waals surface area contributed by atoms with Gasteiger partial charge in [-0.15, -0.1) is 0 Å². The lowest BCUT2D eigenvalue weighted by molar-refractivity contribution is 0.832. The number of hydrogen-bond donors (Lipinski definition) is 0. The first kappa shape index (κ1) is 28.9. The van der Waals surface area contributed by atoms with E-state index in [0.29, 0.717) is 0 Å². The van der Waals surface area contributed by atoms with Crippen molar-refractivity contribution in [3.63, 3.8) is 0 Å². The predicted molar refractivity (Wildman–Crippen MR) is 144 cm³/mol. The van der Waals surface area contributed by atoms with Gasteiger partial charge in [-0.3, -0.25) is 0 Å². The van der Waals surface area contributed by atoms with Crippen molar-refractivity contribution >= 4 is 30.0 Å². The Morgan fingerprint density at radius 2 is 0.536 bits per heavy atom. The Morgan fingerprint density at radius 3 is 0.643 bits per heavy atom. The zero-order valence-electron chi connectivity index (χ0n) is 22.6. The summed E-state index contributed by atoms with van der Waals surface area (Å²) in [7, 11) is -3.29. The van der Waals surface area contributed by atoms with E-state index in [-0.39, 0.29) is 7.89 Å². The lowest BCUT2D eigenvalue weighted by Crippen LogP contribution is -2.72. The van der Waals surface area contributed by atoms with Crippen molar-refractivity contribution < 1.29 is 0 Å². The summed E-state index contributed by atoms with van der Waals surface area (Å²) < 4.78 is 0. The Morgan fingerprint density at radius 1 is 0.357 bits per heavy atom. The summed E-state index contributed by atoms with van der Waals surface area (Å²) in [5.41, 5.74) is 7.35. The minimum absolute atomic E-state index is 0.372. The van der Waals surface area contributed by atoms with Gasteiger partial charge in [-0.1, -0.05) is 144 Å². The van der Waals surface area contributed by atoms with Crippen molar-refractivity contribution in [2.45, 2.75) is 155 Å². The highest BCUT2D eigenvalue weighted by Crippen LogP contribution is 2.52. The molecule has 0 unspecified atom stereocenters. The maximum Gasteiger partial charge on any atom is 0.0644 e. The van der Waals surface area contributed by atoms with Gasteiger partial charge < -0.3 is 0 Å². The Hall–Kier alpha value is 0.868. The molecule has 0 bridgehead atoms. The van der Waals surface area contributed by atoms with Crippen LogP contribution in [-0.4, -0.2) is 30.0 Å². The van der Waals surface area contributed by atoms with Crippen LogP contribution in [0.4, 0.5) is 0 Å². The van der Waals surface area contributed by atoms with E-state index >= 15 is 0 Å². The summed E-state index contributed by atoms with van der Waals surface area (Å²) in [5.74, 6) is 0. The van der Waals surface area contributed by atoms with E-state index in [9.17, 15) is 0 Å². The van der Waals surface area contributed by atoms with Crippen LogP contribution in [0.15, 0.2) is 0 Å². The van der Waals surface area contributed by atoms with Crippen molar-refractivity contribution in [1.29, 1.82) is 0 Å². The van der Waals surface area contributed by atoms with E-state index in [1.807, 2.05) is 0 Å². The third-order valence-electron chi connectivity index (χ3n) is 8.13. The second-order valence-electron chi connectivity index (χ2n) is 11.9. The monoisotopic (exact) mass is 456 g/mol. The van der Waals surface area contributed by atoms with E-state index in [0.717, 1.165) is 44.3 Å². The van der Waals surface area contributed by atoms with Crippen LogP contribution in [0.2, 0.25) is 44.3 Å². The van der Waals surface area contributed by atoms with E-state index in [1.165, 1.54) is 0 Å². The third kappa shape index (κ3) is 4.85. The molecule has 0 rings (SSSR count). The van der Waals surface area contributed by atoms with Crippen LogP contribution in [0, 0.1) is 0 Å². The van der Waals surface area contributed by atoms with Crippen LogP contribution >= 0.6 is 0 Å². The molecule has 0 heterocycles. The molecule has 0 aliphatic rings. The molecule has 28 heavy (non-hydrogen) atoms. The molecule has 168 valence electrons. The summed E-state index contributed by atoms with van der Waals surface area (Å²) in [4.78, 5) is 0. The molecule has 0 aromatic rings. The maximum atomic E-state index is 2.65. The molecular formula is C24H56Si4. The normalized spacial score (nSPS) is 14.1. The van der Waals surface area contributed by atoms with Crippen molar-refractivity contribution in [2.24, 2.45) is 0 Å². The zero-order valence-corrected chi connectivity index (χ0v) is 26.6. The van der Waals surface area contributed by atoms with Crippen molar-refractivity contribution in [3.05, 3.63) is 0 Å². The second-order valence-corrected chi connectivity index (χ2v) is 42.5. The molecule has 0 nitrogen and oxygen atoms in total. The first-order chi connectivity index (χ1) is 12.5. The van der Waals surface area contributed by atoms with Crippen LogP contribution in [0.5, 0.6) is 0 Å². The third-order valence-corrected chi connectivity index (χ3v) is 66.0. The molecule has 0 saturated heterocycles. The molecule has 0 aromatic carbocycles. The fourth-order valence-electron chi connectivity index (χ4n) is 7.85. The van der Waals surface area contributed by atoms with Crippen molar-refractivity contribution in [3.8, 4) is 0 Å². The molecule has 0 fully saturated rings. The second kappa shape index (κ2) is 10.9. The lowest BCUT2D eigenvalue weighted by atomic mass is 10.5. The molecule has 0 spiro atoms. The van der Waals surface area contributed by atoms with Gasteiger partial charge in [0.15, 0.2) is 0 Å². The standard InChI is InChI=1S/C24H56Si4/c1-17(2)25(18(3)4)26(27(19(5)6,20(7)8)21(9)10)28(22(11)12,23(13)14)24(15)16/h17-24H,1-16H3. The smallest absolute Gasteiger partial charge is 0.0644 e. The largest absolute Gasteiger partial charge is 0.0652 e. The van der Waals surface area contributed by atoms with Crippen molar-refractivity contribution in [1.82, 2.24) is 0 Å². The minimum atomic E-state index is -1.46. The van der Waals surface area contributed by atoms with Crippen molar-refractivity contribution in [2.75, 3.05) is 0 Å². The molecular weight excluding hydrogens is 401 g/mol. The SMILES string of the molecule is CC(C)[Si](C(C)C)=[Si]([Si](C(C)C)(C(C)C)C(C)C)[Si](C(C)C)(C(C)C)C(C)C. The van der Waals surface area contributed by atoms with Gasteiger partial charge >= 0.3 is 0 Å². The zero-order chi connectivity index (χ0) is 22.8. The van der Waals surface area contributed by atoms with Gasteiger partial charge in [-0.25, -0.2) is 0 Å². The maximum absolute atomic E-state index is 2.65. The van der Waals surface area contributed by atoms with Crippen LogP contribution in [-0.2, 0) is 0 Å². The summed E-state index contributed by atoms with van der Waals surface area (Å²) >= 11 is 0. The highest BCUT2D eigenvalue weighted by atomic mass is 29.8. The first-order valence-corrected chi connectivity index (χ1v) is 22.9. The highest BCUT2D eigenvalue weighted by Gasteiger charge is 2.58. The van der Waals surface area contributed by atoms with E-state index in [1.54, 1.807) is 0 Å². The fraction of sp³-hybridized carbons (Fsp3) is 1.00. The Kier molecular flexibility index (Phi) is 11.3. The molecule has 0 amide bonds. The van der Waals surface area contributed by atoms with Gasteiger partial charge in [0.05, 0.1) is 15.2 Å². The van der Waals surface area contributed by atoms with Gasteiger partial charge in [0.1, 0.15) is 0 Å². The highest BCUT2D eigenvalue weighted by molar-refractivity contribution is 7.68. The molecule has 0 atom stereocenters. The van der Waals surface area contributed by atoms with Crippen LogP contribution in [0.1, 0.15) is 111 Å². The minimum Gasteiger partial charge on any atom is -0.0652 e. The lowest BCUT2D eigenvalue weighted by Gasteiger charge is -2.58. The fourth-order valence-corrected chi connectivity index (χ4v) is 100.0. The van der Waals surface area contributed by atoms with Gasteiger partial charge in [-0.2, -0.15) is 0 Å². The van der Waals surface area contributed by atoms with E-state index in [2.05, 4.69) is 111 Å². The summed E-state index contributed by atoms with van der Waals surface area (Å²) in [6.07, 6.45) is 0. The van der Waals surface area contributed by atoms with Gasteiger partial charge in [-0.05, 0) is 25.9 Å². The quantitative estimate of drug-likeness (QED) is 0.287. The molecule has 0 aliphatic heterocycles. The van der Waals surface area contributed by atoms with Crippen LogP contribution < -0.4 is 0 Å². The van der Waals surface area contributed by atoms with Gasteiger partial charge in [0.2, 0.25) is 0 Å². The average molecular weight is 457 g/mol. The number of rotatable bonds is 10. The van der Waals surface area contributed by atoms with E-state index in [4.69, 9.17) is 0 Å². The molecule has 0 saturated carbocycles. The predicted octanol–water partition coefficient (Wildman–Crippen LogP) is 9.39. The first-order valence-electron chi connectivity index (χ1n) is 12.3. The molecule has 0 N–H and O–H groups in total. The van der Waals surface area contributed by atoms with Gasteiger partial charge in [0, 0.05) is 0 Å². The number of hydrogen-bond acceptors (Lipinski definition) is 0. The van der Waals surface area contributed by atoms with Gasteiger partial charge in [0.25, 0.3) is 0 Å². The summed E-state index contributed by atoms with van der Waals surface area (Å²) in [6.45, 7) is 41.8. The topological polar surface area (TPSA) is 0 Å².